The first kappa shape index (κ1) is 29.0. The van der Waals surface area contributed by atoms with Crippen molar-refractivity contribution in [2.24, 2.45) is 0 Å². The lowest BCUT2D eigenvalue weighted by molar-refractivity contribution is -0.138. The fraction of sp³-hybridized carbons (Fsp3) is 0.240. The van der Waals surface area contributed by atoms with E-state index in [9.17, 15) is 32.7 Å². The average Bonchev–Trinajstić information content (AvgIpc) is 3.24. The molecule has 0 radical (unpaired) electrons. The third-order valence-electron chi connectivity index (χ3n) is 5.96. The molecule has 1 aliphatic rings. The minimum absolute atomic E-state index is 0. The number of alkyl halides is 3. The number of aliphatic carboxylic acids is 1. The Kier molecular flexibility index (Phi) is 8.75. The summed E-state index contributed by atoms with van der Waals surface area (Å²) in [6, 6.07) is 11.4. The SMILES string of the molecule is Cl.O=C(O)CNC(=O)c1c(O)c2c(n(Cc3ccc(C(F)(F)F)cc3)c1=O)CN(Cc1cccc(Cl)c1)C2. The van der Waals surface area contributed by atoms with Gasteiger partial charge in [-0.05, 0) is 35.4 Å². The van der Waals surface area contributed by atoms with Crippen molar-refractivity contribution in [3.05, 3.63) is 97.4 Å². The lowest BCUT2D eigenvalue weighted by atomic mass is 10.1. The topological polar surface area (TPSA) is 112 Å². The van der Waals surface area contributed by atoms with Gasteiger partial charge in [0.1, 0.15) is 17.9 Å². The number of pyridine rings is 1. The summed E-state index contributed by atoms with van der Waals surface area (Å²) in [5.41, 5.74) is -0.418. The number of carbonyl (C=O) groups is 2. The fourth-order valence-corrected chi connectivity index (χ4v) is 4.46. The second-order valence-corrected chi connectivity index (χ2v) is 9.02. The van der Waals surface area contributed by atoms with Gasteiger partial charge in [-0.2, -0.15) is 13.2 Å². The minimum atomic E-state index is -4.52. The molecule has 0 fully saturated rings. The molecule has 1 amide bonds. The maximum atomic E-state index is 13.4. The number of rotatable bonds is 7. The van der Waals surface area contributed by atoms with Gasteiger partial charge in [-0.15, -0.1) is 12.4 Å². The highest BCUT2D eigenvalue weighted by molar-refractivity contribution is 6.30. The maximum absolute atomic E-state index is 13.4. The number of fused-ring (bicyclic) bond motifs is 1. The lowest BCUT2D eigenvalue weighted by Gasteiger charge is -2.17. The number of aromatic hydroxyl groups is 1. The Morgan fingerprint density at radius 1 is 1.03 bits per heavy atom. The quantitative estimate of drug-likeness (QED) is 0.395. The zero-order valence-electron chi connectivity index (χ0n) is 19.6. The number of hydrogen-bond acceptors (Lipinski definition) is 5. The Hall–Kier alpha value is -3.54. The van der Waals surface area contributed by atoms with Crippen LogP contribution in [0.1, 0.15) is 38.3 Å². The first-order chi connectivity index (χ1) is 17.4. The third-order valence-corrected chi connectivity index (χ3v) is 6.19. The molecule has 0 bridgehead atoms. The van der Waals surface area contributed by atoms with Crippen LogP contribution in [0.25, 0.3) is 0 Å². The second-order valence-electron chi connectivity index (χ2n) is 8.59. The lowest BCUT2D eigenvalue weighted by Crippen LogP contribution is -2.37. The van der Waals surface area contributed by atoms with Gasteiger partial charge in [-0.3, -0.25) is 19.3 Å². The molecule has 1 aromatic heterocycles. The summed E-state index contributed by atoms with van der Waals surface area (Å²) < 4.78 is 40.1. The summed E-state index contributed by atoms with van der Waals surface area (Å²) in [6.45, 7) is -0.148. The summed E-state index contributed by atoms with van der Waals surface area (Å²) in [5.74, 6) is -2.96. The van der Waals surface area contributed by atoms with Crippen LogP contribution in [0.15, 0.2) is 53.3 Å². The van der Waals surface area contributed by atoms with Crippen molar-refractivity contribution in [3.63, 3.8) is 0 Å². The number of carboxylic acid groups (broad SMARTS) is 1. The number of benzene rings is 2. The van der Waals surface area contributed by atoms with Crippen molar-refractivity contribution >= 4 is 35.9 Å². The van der Waals surface area contributed by atoms with Crippen molar-refractivity contribution in [1.29, 1.82) is 0 Å². The molecule has 0 saturated heterocycles. The number of nitrogens with zero attached hydrogens (tertiary/aromatic N) is 2. The third kappa shape index (κ3) is 6.29. The highest BCUT2D eigenvalue weighted by atomic mass is 35.5. The van der Waals surface area contributed by atoms with E-state index in [0.29, 0.717) is 28.4 Å². The van der Waals surface area contributed by atoms with Crippen LogP contribution in [-0.4, -0.2) is 38.1 Å². The van der Waals surface area contributed by atoms with E-state index in [0.717, 1.165) is 17.7 Å². The van der Waals surface area contributed by atoms with Crippen LogP contribution in [0.3, 0.4) is 0 Å². The van der Waals surface area contributed by atoms with Crippen LogP contribution >= 0.6 is 24.0 Å². The number of aromatic nitrogens is 1. The van der Waals surface area contributed by atoms with Gasteiger partial charge in [0.15, 0.2) is 0 Å². The zero-order valence-corrected chi connectivity index (χ0v) is 21.2. The molecule has 0 spiro atoms. The molecule has 2 heterocycles. The smallest absolute Gasteiger partial charge is 0.416 e. The van der Waals surface area contributed by atoms with Crippen LogP contribution in [0.5, 0.6) is 5.75 Å². The number of halogens is 5. The van der Waals surface area contributed by atoms with Crippen LogP contribution in [0.2, 0.25) is 5.02 Å². The minimum Gasteiger partial charge on any atom is -0.506 e. The molecular weight excluding hydrogens is 550 g/mol. The molecule has 13 heteroatoms. The van der Waals surface area contributed by atoms with E-state index >= 15 is 0 Å². The van der Waals surface area contributed by atoms with E-state index in [1.165, 1.54) is 16.7 Å². The first-order valence-electron chi connectivity index (χ1n) is 11.0. The van der Waals surface area contributed by atoms with Gasteiger partial charge >= 0.3 is 12.1 Å². The number of carbonyl (C=O) groups excluding carboxylic acids is 1. The summed E-state index contributed by atoms with van der Waals surface area (Å²) in [4.78, 5) is 38.8. The Labute approximate surface area is 225 Å². The van der Waals surface area contributed by atoms with Gasteiger partial charge in [0.25, 0.3) is 11.5 Å². The maximum Gasteiger partial charge on any atom is 0.416 e. The van der Waals surface area contributed by atoms with Gasteiger partial charge in [-0.25, -0.2) is 0 Å². The molecule has 0 saturated carbocycles. The Balaban J connectivity index is 0.00000400. The standard InChI is InChI=1S/C25H21ClF3N3O5.ClH/c26-17-3-1-2-15(8-17)10-31-12-18-19(13-31)32(11-14-4-6-16(7-5-14)25(27,28)29)24(37)21(22(18)35)23(36)30-9-20(33)34;/h1-8,35H,9-13H2,(H,30,36)(H,33,34);1H. The normalized spacial score (nSPS) is 13.1. The number of hydrogen-bond donors (Lipinski definition) is 3. The molecule has 202 valence electrons. The van der Waals surface area contributed by atoms with Crippen LogP contribution in [-0.2, 0) is 37.1 Å². The molecule has 0 unspecified atom stereocenters. The van der Waals surface area contributed by atoms with E-state index in [2.05, 4.69) is 5.32 Å². The Morgan fingerprint density at radius 2 is 1.71 bits per heavy atom. The first-order valence-corrected chi connectivity index (χ1v) is 11.4. The second kappa shape index (κ2) is 11.5. The van der Waals surface area contributed by atoms with Crippen LogP contribution in [0.4, 0.5) is 13.2 Å². The highest BCUT2D eigenvalue weighted by Gasteiger charge is 2.33. The zero-order chi connectivity index (χ0) is 26.9. The average molecular weight is 572 g/mol. The Morgan fingerprint density at radius 3 is 2.32 bits per heavy atom. The summed E-state index contributed by atoms with van der Waals surface area (Å²) in [6.07, 6.45) is -4.52. The molecule has 4 rings (SSSR count). The predicted octanol–water partition coefficient (Wildman–Crippen LogP) is 4.03. The number of carboxylic acids is 1. The fourth-order valence-electron chi connectivity index (χ4n) is 4.25. The van der Waals surface area contributed by atoms with Crippen LogP contribution < -0.4 is 10.9 Å². The van der Waals surface area contributed by atoms with Gasteiger partial charge in [-0.1, -0.05) is 35.9 Å². The molecule has 2 aromatic carbocycles. The van der Waals surface area contributed by atoms with E-state index in [1.807, 2.05) is 11.0 Å². The predicted molar refractivity (Wildman–Crippen MR) is 135 cm³/mol. The van der Waals surface area contributed by atoms with Crippen molar-refractivity contribution < 1.29 is 33.0 Å². The van der Waals surface area contributed by atoms with E-state index in [-0.39, 0.29) is 32.0 Å². The Bertz CT molecular complexity index is 1430. The van der Waals surface area contributed by atoms with Crippen molar-refractivity contribution in [2.45, 2.75) is 32.4 Å². The van der Waals surface area contributed by atoms with E-state index < -0.39 is 47.0 Å². The number of amides is 1. The molecule has 38 heavy (non-hydrogen) atoms. The van der Waals surface area contributed by atoms with Crippen LogP contribution in [0, 0.1) is 0 Å². The van der Waals surface area contributed by atoms with Gasteiger partial charge in [0.05, 0.1) is 12.1 Å². The summed E-state index contributed by atoms with van der Waals surface area (Å²) in [7, 11) is 0. The number of nitrogens with one attached hydrogen (secondary N) is 1. The molecule has 0 atom stereocenters. The summed E-state index contributed by atoms with van der Waals surface area (Å²) in [5, 5.41) is 22.4. The van der Waals surface area contributed by atoms with E-state index in [4.69, 9.17) is 16.7 Å². The highest BCUT2D eigenvalue weighted by Crippen LogP contribution is 2.33. The van der Waals surface area contributed by atoms with Gasteiger partial charge < -0.3 is 20.1 Å². The largest absolute Gasteiger partial charge is 0.506 e. The summed E-state index contributed by atoms with van der Waals surface area (Å²) >= 11 is 6.07. The van der Waals surface area contributed by atoms with Gasteiger partial charge in [0, 0.05) is 35.9 Å². The van der Waals surface area contributed by atoms with E-state index in [1.54, 1.807) is 18.2 Å². The molecule has 1 aliphatic heterocycles. The molecule has 3 N–H and O–H groups in total. The van der Waals surface area contributed by atoms with Crippen molar-refractivity contribution in [3.8, 4) is 5.75 Å². The molecular formula is C25H22Cl2F3N3O5. The molecule has 8 nitrogen and oxygen atoms in total. The van der Waals surface area contributed by atoms with Crippen molar-refractivity contribution in [1.82, 2.24) is 14.8 Å². The molecule has 0 aliphatic carbocycles. The molecule has 3 aromatic rings. The monoisotopic (exact) mass is 571 g/mol. The van der Waals surface area contributed by atoms with Gasteiger partial charge in [0.2, 0.25) is 0 Å². The van der Waals surface area contributed by atoms with Crippen molar-refractivity contribution in [2.75, 3.05) is 6.54 Å².